The predicted octanol–water partition coefficient (Wildman–Crippen LogP) is 2.17. The van der Waals surface area contributed by atoms with Crippen LogP contribution in [0.25, 0.3) is 0 Å². The van der Waals surface area contributed by atoms with Crippen LogP contribution in [0.5, 0.6) is 11.5 Å². The van der Waals surface area contributed by atoms with Crippen LogP contribution >= 0.6 is 23.2 Å². The zero-order chi connectivity index (χ0) is 13.5. The smallest absolute Gasteiger partial charge is 0.253 e. The lowest BCUT2D eigenvalue weighted by Gasteiger charge is -2.09. The third-order valence-corrected chi connectivity index (χ3v) is 2.72. The van der Waals surface area contributed by atoms with Crippen LogP contribution in [0.1, 0.15) is 5.56 Å². The Balaban J connectivity index is 2.58. The Hall–Kier alpha value is -1.13. The van der Waals surface area contributed by atoms with Gasteiger partial charge in [-0.05, 0) is 24.1 Å². The molecule has 0 saturated heterocycles. The maximum absolute atomic E-state index is 11.2. The molecule has 0 aliphatic heterocycles. The van der Waals surface area contributed by atoms with Gasteiger partial charge in [0.2, 0.25) is 0 Å². The highest BCUT2D eigenvalue weighted by molar-refractivity contribution is 6.53. The maximum atomic E-state index is 11.2. The van der Waals surface area contributed by atoms with Crippen molar-refractivity contribution in [1.29, 1.82) is 0 Å². The predicted molar refractivity (Wildman–Crippen MR) is 71.8 cm³/mol. The standard InChI is InChI=1S/C12H15Cl2NO3/c1-17-9-5-8(6-10(7-9)18-2)3-4-15-12(16)11(13)14/h5-7,11H,3-4H2,1-2H3,(H,15,16). The Morgan fingerprint density at radius 2 is 1.78 bits per heavy atom. The molecule has 6 heteroatoms. The van der Waals surface area contributed by atoms with E-state index in [1.165, 1.54) is 0 Å². The Labute approximate surface area is 116 Å². The maximum Gasteiger partial charge on any atom is 0.253 e. The van der Waals surface area contributed by atoms with Crippen molar-refractivity contribution in [3.63, 3.8) is 0 Å². The van der Waals surface area contributed by atoms with E-state index in [4.69, 9.17) is 32.7 Å². The van der Waals surface area contributed by atoms with E-state index in [-0.39, 0.29) is 0 Å². The van der Waals surface area contributed by atoms with Crippen LogP contribution < -0.4 is 14.8 Å². The van der Waals surface area contributed by atoms with Gasteiger partial charge < -0.3 is 14.8 Å². The molecule has 0 bridgehead atoms. The molecule has 0 saturated carbocycles. The number of hydrogen-bond acceptors (Lipinski definition) is 3. The quantitative estimate of drug-likeness (QED) is 0.817. The first-order valence-corrected chi connectivity index (χ1v) is 6.22. The molecular weight excluding hydrogens is 277 g/mol. The largest absolute Gasteiger partial charge is 0.497 e. The number of nitrogens with one attached hydrogen (secondary N) is 1. The first-order chi connectivity index (χ1) is 8.56. The molecule has 0 heterocycles. The zero-order valence-corrected chi connectivity index (χ0v) is 11.7. The summed E-state index contributed by atoms with van der Waals surface area (Å²) in [4.78, 5) is 10.1. The molecule has 0 unspecified atom stereocenters. The summed E-state index contributed by atoms with van der Waals surface area (Å²) in [6, 6.07) is 5.55. The third-order valence-electron chi connectivity index (χ3n) is 2.32. The minimum absolute atomic E-state index is 0.395. The SMILES string of the molecule is COc1cc(CCNC(=O)C(Cl)Cl)cc(OC)c1. The number of alkyl halides is 2. The molecule has 1 N–H and O–H groups in total. The molecule has 0 aliphatic rings. The fraction of sp³-hybridized carbons (Fsp3) is 0.417. The Morgan fingerprint density at radius 3 is 2.22 bits per heavy atom. The number of benzene rings is 1. The molecule has 0 aliphatic carbocycles. The van der Waals surface area contributed by atoms with Crippen molar-refractivity contribution < 1.29 is 14.3 Å². The van der Waals surface area contributed by atoms with Gasteiger partial charge in [0.05, 0.1) is 14.2 Å². The van der Waals surface area contributed by atoms with Crippen LogP contribution in [0.4, 0.5) is 0 Å². The first-order valence-electron chi connectivity index (χ1n) is 5.34. The summed E-state index contributed by atoms with van der Waals surface area (Å²) in [5.74, 6) is 1.03. The molecule has 1 aromatic rings. The van der Waals surface area contributed by atoms with Gasteiger partial charge in [-0.2, -0.15) is 0 Å². The van der Waals surface area contributed by atoms with Crippen LogP contribution in [0, 0.1) is 0 Å². The number of hydrogen-bond donors (Lipinski definition) is 1. The van der Waals surface area contributed by atoms with Crippen molar-refractivity contribution in [3.8, 4) is 11.5 Å². The summed E-state index contributed by atoms with van der Waals surface area (Å²) in [5, 5.41) is 2.62. The first kappa shape index (κ1) is 14.9. The molecule has 0 aromatic heterocycles. The third kappa shape index (κ3) is 4.63. The highest BCUT2D eigenvalue weighted by atomic mass is 35.5. The Kier molecular flexibility index (Phi) is 6.09. The van der Waals surface area contributed by atoms with Crippen molar-refractivity contribution in [1.82, 2.24) is 5.32 Å². The molecule has 1 rings (SSSR count). The molecule has 4 nitrogen and oxygen atoms in total. The van der Waals surface area contributed by atoms with E-state index in [9.17, 15) is 4.79 Å². The number of ether oxygens (including phenoxy) is 2. The number of carbonyl (C=O) groups excluding carboxylic acids is 1. The number of rotatable bonds is 6. The summed E-state index contributed by atoms with van der Waals surface area (Å²) < 4.78 is 10.3. The minimum atomic E-state index is -1.04. The minimum Gasteiger partial charge on any atom is -0.497 e. The van der Waals surface area contributed by atoms with E-state index in [2.05, 4.69) is 5.32 Å². The van der Waals surface area contributed by atoms with Crippen molar-refractivity contribution in [2.75, 3.05) is 20.8 Å². The fourth-order valence-electron chi connectivity index (χ4n) is 1.42. The summed E-state index contributed by atoms with van der Waals surface area (Å²) >= 11 is 10.8. The van der Waals surface area contributed by atoms with Crippen molar-refractivity contribution in [2.45, 2.75) is 11.3 Å². The molecule has 1 amide bonds. The number of amides is 1. The fourth-order valence-corrected chi connectivity index (χ4v) is 1.57. The van der Waals surface area contributed by atoms with Crippen LogP contribution in [-0.2, 0) is 11.2 Å². The van der Waals surface area contributed by atoms with E-state index in [1.54, 1.807) is 20.3 Å². The molecular formula is C12H15Cl2NO3. The van der Waals surface area contributed by atoms with Crippen molar-refractivity contribution >= 4 is 29.1 Å². The number of carbonyl (C=O) groups is 1. The van der Waals surface area contributed by atoms with Crippen LogP contribution in [-0.4, -0.2) is 31.5 Å². The zero-order valence-electron chi connectivity index (χ0n) is 10.2. The summed E-state index contributed by atoms with van der Waals surface area (Å²) in [5.41, 5.74) is 0.993. The molecule has 0 radical (unpaired) electrons. The van der Waals surface area contributed by atoms with Crippen LogP contribution in [0.15, 0.2) is 18.2 Å². The normalized spacial score (nSPS) is 10.3. The van der Waals surface area contributed by atoms with Gasteiger partial charge in [0.25, 0.3) is 5.91 Å². The van der Waals surface area contributed by atoms with E-state index < -0.39 is 10.7 Å². The average molecular weight is 292 g/mol. The van der Waals surface area contributed by atoms with Gasteiger partial charge >= 0.3 is 0 Å². The molecule has 100 valence electrons. The van der Waals surface area contributed by atoms with Gasteiger partial charge in [-0.25, -0.2) is 0 Å². The van der Waals surface area contributed by atoms with Gasteiger partial charge in [0, 0.05) is 12.6 Å². The van der Waals surface area contributed by atoms with Crippen molar-refractivity contribution in [2.24, 2.45) is 0 Å². The lowest BCUT2D eigenvalue weighted by atomic mass is 10.1. The number of halogens is 2. The van der Waals surface area contributed by atoms with E-state index in [0.29, 0.717) is 24.5 Å². The lowest BCUT2D eigenvalue weighted by Crippen LogP contribution is -2.30. The second kappa shape index (κ2) is 7.34. The van der Waals surface area contributed by atoms with E-state index >= 15 is 0 Å². The highest BCUT2D eigenvalue weighted by Crippen LogP contribution is 2.22. The van der Waals surface area contributed by atoms with E-state index in [0.717, 1.165) is 5.56 Å². The van der Waals surface area contributed by atoms with Crippen molar-refractivity contribution in [3.05, 3.63) is 23.8 Å². The van der Waals surface area contributed by atoms with Gasteiger partial charge in [-0.15, -0.1) is 0 Å². The van der Waals surface area contributed by atoms with Gasteiger partial charge in [0.1, 0.15) is 11.5 Å². The Morgan fingerprint density at radius 1 is 1.22 bits per heavy atom. The molecule has 0 fully saturated rings. The second-order valence-corrected chi connectivity index (χ2v) is 4.66. The molecule has 18 heavy (non-hydrogen) atoms. The average Bonchev–Trinajstić information content (AvgIpc) is 2.37. The van der Waals surface area contributed by atoms with Gasteiger partial charge in [-0.3, -0.25) is 4.79 Å². The van der Waals surface area contributed by atoms with Crippen LogP contribution in [0.3, 0.4) is 0 Å². The topological polar surface area (TPSA) is 47.6 Å². The van der Waals surface area contributed by atoms with E-state index in [1.807, 2.05) is 12.1 Å². The summed E-state index contributed by atoms with van der Waals surface area (Å²) in [6.45, 7) is 0.449. The molecule has 0 spiro atoms. The monoisotopic (exact) mass is 291 g/mol. The van der Waals surface area contributed by atoms with Gasteiger partial charge in [0.15, 0.2) is 4.84 Å². The second-order valence-electron chi connectivity index (χ2n) is 3.56. The summed E-state index contributed by atoms with van der Waals surface area (Å²) in [7, 11) is 3.18. The summed E-state index contributed by atoms with van der Waals surface area (Å²) in [6.07, 6.45) is 0.639. The molecule has 0 atom stereocenters. The van der Waals surface area contributed by atoms with Crippen LogP contribution in [0.2, 0.25) is 0 Å². The number of methoxy groups -OCH3 is 2. The highest BCUT2D eigenvalue weighted by Gasteiger charge is 2.10. The Bertz CT molecular complexity index is 388. The lowest BCUT2D eigenvalue weighted by molar-refractivity contribution is -0.119. The molecule has 1 aromatic carbocycles. The van der Waals surface area contributed by atoms with Gasteiger partial charge in [-0.1, -0.05) is 23.2 Å².